The lowest BCUT2D eigenvalue weighted by atomic mass is 10.1. The monoisotopic (exact) mass is 130 g/mol. The molecule has 0 spiro atoms. The Bertz CT molecular complexity index is 85.0. The summed E-state index contributed by atoms with van der Waals surface area (Å²) in [5, 5.41) is 3.13. The van der Waals surface area contributed by atoms with Crippen LogP contribution in [0.5, 0.6) is 0 Å². The molecular weight excluding hydrogens is 116 g/mol. The van der Waals surface area contributed by atoms with Gasteiger partial charge in [-0.25, -0.2) is 0 Å². The Kier molecular flexibility index (Phi) is 2.02. The molecule has 0 aromatic heterocycles. The Morgan fingerprint density at radius 3 is 2.00 bits per heavy atom. The lowest BCUT2D eigenvalue weighted by Gasteiger charge is -2.15. The molecule has 0 aromatic rings. The molecular formula is C5H14N4. The molecule has 0 saturated carbocycles. The zero-order valence-corrected chi connectivity index (χ0v) is 5.75. The van der Waals surface area contributed by atoms with Crippen molar-refractivity contribution in [3.8, 4) is 0 Å². The highest BCUT2D eigenvalue weighted by Gasteiger charge is 2.23. The van der Waals surface area contributed by atoms with Crippen LogP contribution < -0.4 is 11.7 Å². The summed E-state index contributed by atoms with van der Waals surface area (Å²) < 4.78 is 0. The quantitative estimate of drug-likeness (QED) is 0.460. The minimum Gasteiger partial charge on any atom is -0.254 e. The first kappa shape index (κ1) is 6.95. The van der Waals surface area contributed by atoms with E-state index < -0.39 is 0 Å². The Hall–Kier alpha value is -0.160. The third-order valence-electron chi connectivity index (χ3n) is 1.80. The zero-order chi connectivity index (χ0) is 6.85. The van der Waals surface area contributed by atoms with Crippen LogP contribution in [0.1, 0.15) is 13.3 Å². The molecule has 1 aliphatic heterocycles. The maximum absolute atomic E-state index is 5.48. The van der Waals surface area contributed by atoms with E-state index in [1.165, 1.54) is 0 Å². The van der Waals surface area contributed by atoms with Crippen molar-refractivity contribution in [3.05, 3.63) is 0 Å². The third kappa shape index (κ3) is 1.40. The molecule has 0 aromatic carbocycles. The average molecular weight is 130 g/mol. The first-order chi connectivity index (χ1) is 4.24. The van der Waals surface area contributed by atoms with Gasteiger partial charge in [0.05, 0.1) is 0 Å². The first-order valence-electron chi connectivity index (χ1n) is 3.28. The van der Waals surface area contributed by atoms with Crippen molar-refractivity contribution in [1.29, 1.82) is 0 Å². The van der Waals surface area contributed by atoms with Crippen molar-refractivity contribution in [2.24, 2.45) is 17.6 Å². The smallest absolute Gasteiger partial charge is 0.0343 e. The van der Waals surface area contributed by atoms with Gasteiger partial charge in [-0.05, 0) is 5.92 Å². The van der Waals surface area contributed by atoms with Gasteiger partial charge < -0.3 is 0 Å². The van der Waals surface area contributed by atoms with E-state index in [-0.39, 0.29) is 0 Å². The molecule has 1 aliphatic rings. The molecule has 0 radical (unpaired) electrons. The molecule has 4 heteroatoms. The number of nitrogens with zero attached hydrogens (tertiary/aromatic N) is 2. The number of hydrogen-bond donors (Lipinski definition) is 2. The van der Waals surface area contributed by atoms with E-state index in [2.05, 4.69) is 6.92 Å². The van der Waals surface area contributed by atoms with E-state index in [4.69, 9.17) is 11.7 Å². The molecule has 1 saturated heterocycles. The van der Waals surface area contributed by atoms with Crippen LogP contribution in [-0.2, 0) is 0 Å². The van der Waals surface area contributed by atoms with E-state index in [0.717, 1.165) is 19.5 Å². The third-order valence-corrected chi connectivity index (χ3v) is 1.80. The van der Waals surface area contributed by atoms with Crippen molar-refractivity contribution < 1.29 is 0 Å². The average Bonchev–Trinajstić information content (AvgIpc) is 2.13. The molecule has 1 rings (SSSR count). The molecule has 0 amide bonds. The van der Waals surface area contributed by atoms with Crippen LogP contribution >= 0.6 is 0 Å². The topological polar surface area (TPSA) is 58.5 Å². The predicted octanol–water partition coefficient (Wildman–Crippen LogP) is -0.707. The fraction of sp³-hybridized carbons (Fsp3) is 1.00. The highest BCUT2D eigenvalue weighted by Crippen LogP contribution is 2.11. The predicted molar refractivity (Wildman–Crippen MR) is 35.6 cm³/mol. The van der Waals surface area contributed by atoms with E-state index in [9.17, 15) is 0 Å². The highest BCUT2D eigenvalue weighted by atomic mass is 15.9. The van der Waals surface area contributed by atoms with Gasteiger partial charge >= 0.3 is 0 Å². The van der Waals surface area contributed by atoms with Crippen molar-refractivity contribution in [2.45, 2.75) is 13.3 Å². The van der Waals surface area contributed by atoms with Crippen LogP contribution in [0.3, 0.4) is 0 Å². The SMILES string of the molecule is CCC1CN(N)N(N)C1. The van der Waals surface area contributed by atoms with Crippen molar-refractivity contribution in [2.75, 3.05) is 13.1 Å². The zero-order valence-electron chi connectivity index (χ0n) is 5.75. The Labute approximate surface area is 55.3 Å². The number of rotatable bonds is 1. The van der Waals surface area contributed by atoms with E-state index >= 15 is 0 Å². The molecule has 0 aliphatic carbocycles. The van der Waals surface area contributed by atoms with Crippen LogP contribution in [0, 0.1) is 5.92 Å². The van der Waals surface area contributed by atoms with Gasteiger partial charge in [0, 0.05) is 13.1 Å². The van der Waals surface area contributed by atoms with Crippen LogP contribution in [-0.4, -0.2) is 23.3 Å². The molecule has 9 heavy (non-hydrogen) atoms. The van der Waals surface area contributed by atoms with E-state index in [1.54, 1.807) is 10.2 Å². The fourth-order valence-electron chi connectivity index (χ4n) is 1.05. The Morgan fingerprint density at radius 2 is 1.78 bits per heavy atom. The van der Waals surface area contributed by atoms with Crippen LogP contribution in [0.2, 0.25) is 0 Å². The lowest BCUT2D eigenvalue weighted by molar-refractivity contribution is 0.0263. The van der Waals surface area contributed by atoms with Crippen LogP contribution in [0.25, 0.3) is 0 Å². The molecule has 4 N–H and O–H groups in total. The minimum atomic E-state index is 0.653. The summed E-state index contributed by atoms with van der Waals surface area (Å²) in [6, 6.07) is 0. The Morgan fingerprint density at radius 1 is 1.33 bits per heavy atom. The minimum absolute atomic E-state index is 0.653. The summed E-state index contributed by atoms with van der Waals surface area (Å²) in [7, 11) is 0. The summed E-state index contributed by atoms with van der Waals surface area (Å²) in [6.45, 7) is 3.94. The summed E-state index contributed by atoms with van der Waals surface area (Å²) in [5.41, 5.74) is 0. The van der Waals surface area contributed by atoms with Gasteiger partial charge in [-0.3, -0.25) is 11.7 Å². The van der Waals surface area contributed by atoms with E-state index in [0.29, 0.717) is 5.92 Å². The summed E-state index contributed by atoms with van der Waals surface area (Å²) in [5.74, 6) is 11.6. The normalized spacial score (nSPS) is 25.7. The van der Waals surface area contributed by atoms with Crippen LogP contribution in [0.15, 0.2) is 0 Å². The van der Waals surface area contributed by atoms with Gasteiger partial charge in [0.1, 0.15) is 0 Å². The van der Waals surface area contributed by atoms with Gasteiger partial charge in [0.2, 0.25) is 0 Å². The number of hydrogen-bond acceptors (Lipinski definition) is 4. The molecule has 1 heterocycles. The molecule has 0 atom stereocenters. The highest BCUT2D eigenvalue weighted by molar-refractivity contribution is 4.67. The fourth-order valence-corrected chi connectivity index (χ4v) is 1.05. The largest absolute Gasteiger partial charge is 0.254 e. The van der Waals surface area contributed by atoms with Crippen LogP contribution in [0.4, 0.5) is 0 Å². The van der Waals surface area contributed by atoms with Gasteiger partial charge in [-0.15, -0.1) is 0 Å². The van der Waals surface area contributed by atoms with Gasteiger partial charge in [-0.1, -0.05) is 13.3 Å². The molecule has 1 fully saturated rings. The maximum atomic E-state index is 5.48. The van der Waals surface area contributed by atoms with Gasteiger partial charge in [-0.2, -0.15) is 10.2 Å². The molecule has 0 bridgehead atoms. The number of hydrazine groups is 3. The van der Waals surface area contributed by atoms with Gasteiger partial charge in [0.25, 0.3) is 0 Å². The summed E-state index contributed by atoms with van der Waals surface area (Å²) in [6.07, 6.45) is 1.15. The van der Waals surface area contributed by atoms with Gasteiger partial charge in [0.15, 0.2) is 0 Å². The van der Waals surface area contributed by atoms with Crippen molar-refractivity contribution >= 4 is 0 Å². The molecule has 4 nitrogen and oxygen atoms in total. The number of nitrogens with two attached hydrogens (primary N) is 2. The molecule has 0 unspecified atom stereocenters. The first-order valence-corrected chi connectivity index (χ1v) is 3.28. The Balaban J connectivity index is 2.35. The standard InChI is InChI=1S/C5H14N4/c1-2-5-3-8(6)9(7)4-5/h5H,2-4,6-7H2,1H3. The second-order valence-electron chi connectivity index (χ2n) is 2.52. The summed E-state index contributed by atoms with van der Waals surface area (Å²) >= 11 is 0. The van der Waals surface area contributed by atoms with Crippen molar-refractivity contribution in [3.63, 3.8) is 0 Å². The molecule has 54 valence electrons. The second-order valence-corrected chi connectivity index (χ2v) is 2.52. The maximum Gasteiger partial charge on any atom is 0.0343 e. The van der Waals surface area contributed by atoms with E-state index in [1.807, 2.05) is 0 Å². The lowest BCUT2D eigenvalue weighted by Crippen LogP contribution is -2.46. The van der Waals surface area contributed by atoms with Crippen molar-refractivity contribution in [1.82, 2.24) is 10.2 Å². The second kappa shape index (κ2) is 2.62. The summed E-state index contributed by atoms with van der Waals surface area (Å²) in [4.78, 5) is 0.